The van der Waals surface area contributed by atoms with Gasteiger partial charge < -0.3 is 5.73 Å². The van der Waals surface area contributed by atoms with E-state index in [-0.39, 0.29) is 6.04 Å². The number of thiophene rings is 1. The molecule has 1 nitrogen and oxygen atoms in total. The summed E-state index contributed by atoms with van der Waals surface area (Å²) in [5, 5.41) is 3.47. The maximum atomic E-state index is 6.46. The molecule has 2 N–H and O–H groups in total. The Morgan fingerprint density at radius 3 is 2.55 bits per heavy atom. The molecule has 0 amide bonds. The normalized spacial score (nSPS) is 12.7. The Hall–Kier alpha value is -1.64. The average Bonchev–Trinajstić information content (AvgIpc) is 2.92. The Labute approximate surface area is 124 Å². The molecular weight excluding hydrogens is 262 g/mol. The van der Waals surface area contributed by atoms with E-state index in [0.29, 0.717) is 0 Å². The molecule has 0 aliphatic rings. The minimum atomic E-state index is -0.0400. The Morgan fingerprint density at radius 1 is 1.05 bits per heavy atom. The smallest absolute Gasteiger partial charge is 0.0566 e. The Bertz CT molecular complexity index is 697. The highest BCUT2D eigenvalue weighted by Gasteiger charge is 2.13. The van der Waals surface area contributed by atoms with Gasteiger partial charge in [-0.2, -0.15) is 0 Å². The van der Waals surface area contributed by atoms with Crippen LogP contribution in [0.4, 0.5) is 0 Å². The second-order valence-electron chi connectivity index (χ2n) is 5.16. The molecular formula is C18H19NS. The number of rotatable bonds is 4. The van der Waals surface area contributed by atoms with Gasteiger partial charge in [-0.1, -0.05) is 55.8 Å². The van der Waals surface area contributed by atoms with Crippen LogP contribution in [0, 0.1) is 0 Å². The van der Waals surface area contributed by atoms with Crippen LogP contribution in [0.15, 0.2) is 53.9 Å². The van der Waals surface area contributed by atoms with Crippen LogP contribution in [-0.4, -0.2) is 0 Å². The number of hydrogen-bond acceptors (Lipinski definition) is 2. The lowest BCUT2D eigenvalue weighted by atomic mass is 9.97. The SMILES string of the molecule is CCCc1ccc(C(N)c2csc3ccccc23)cc1. The third-order valence-corrected chi connectivity index (χ3v) is 4.71. The van der Waals surface area contributed by atoms with Gasteiger partial charge in [0.1, 0.15) is 0 Å². The summed E-state index contributed by atoms with van der Waals surface area (Å²) in [5.41, 5.74) is 10.3. The van der Waals surface area contributed by atoms with E-state index < -0.39 is 0 Å². The molecule has 1 aromatic heterocycles. The molecule has 20 heavy (non-hydrogen) atoms. The van der Waals surface area contributed by atoms with Gasteiger partial charge in [0.05, 0.1) is 6.04 Å². The Morgan fingerprint density at radius 2 is 1.80 bits per heavy atom. The molecule has 3 rings (SSSR count). The van der Waals surface area contributed by atoms with Gasteiger partial charge in [-0.3, -0.25) is 0 Å². The van der Waals surface area contributed by atoms with Crippen molar-refractivity contribution in [2.75, 3.05) is 0 Å². The lowest BCUT2D eigenvalue weighted by Crippen LogP contribution is -2.11. The summed E-state index contributed by atoms with van der Waals surface area (Å²) >= 11 is 1.77. The molecule has 0 saturated heterocycles. The van der Waals surface area contributed by atoms with E-state index >= 15 is 0 Å². The summed E-state index contributed by atoms with van der Waals surface area (Å²) in [4.78, 5) is 0. The lowest BCUT2D eigenvalue weighted by Gasteiger charge is -2.12. The molecule has 0 saturated carbocycles. The highest BCUT2D eigenvalue weighted by atomic mass is 32.1. The summed E-state index contributed by atoms with van der Waals surface area (Å²) in [5.74, 6) is 0. The second-order valence-corrected chi connectivity index (χ2v) is 6.07. The van der Waals surface area contributed by atoms with Gasteiger partial charge in [0.2, 0.25) is 0 Å². The first-order valence-corrected chi connectivity index (χ1v) is 7.98. The van der Waals surface area contributed by atoms with Crippen LogP contribution in [0.1, 0.15) is 36.1 Å². The van der Waals surface area contributed by atoms with E-state index in [0.717, 1.165) is 6.42 Å². The molecule has 0 bridgehead atoms. The van der Waals surface area contributed by atoms with Crippen molar-refractivity contribution in [3.63, 3.8) is 0 Å². The highest BCUT2D eigenvalue weighted by molar-refractivity contribution is 7.17. The molecule has 102 valence electrons. The van der Waals surface area contributed by atoms with E-state index in [4.69, 9.17) is 5.73 Å². The van der Waals surface area contributed by atoms with Crippen LogP contribution in [0.5, 0.6) is 0 Å². The van der Waals surface area contributed by atoms with Crippen LogP contribution >= 0.6 is 11.3 Å². The van der Waals surface area contributed by atoms with Gasteiger partial charge in [0.15, 0.2) is 0 Å². The average molecular weight is 281 g/mol. The van der Waals surface area contributed by atoms with Crippen LogP contribution in [0.3, 0.4) is 0 Å². The van der Waals surface area contributed by atoms with Crippen LogP contribution in [-0.2, 0) is 6.42 Å². The molecule has 0 radical (unpaired) electrons. The number of hydrogen-bond donors (Lipinski definition) is 1. The van der Waals surface area contributed by atoms with E-state index in [1.54, 1.807) is 11.3 Å². The summed E-state index contributed by atoms with van der Waals surface area (Å²) in [7, 11) is 0. The molecule has 0 spiro atoms. The second kappa shape index (κ2) is 5.78. The largest absolute Gasteiger partial charge is 0.320 e. The van der Waals surface area contributed by atoms with Crippen LogP contribution in [0.2, 0.25) is 0 Å². The number of benzene rings is 2. The fourth-order valence-electron chi connectivity index (χ4n) is 2.60. The third kappa shape index (κ3) is 2.49. The zero-order chi connectivity index (χ0) is 13.9. The van der Waals surface area contributed by atoms with Crippen molar-refractivity contribution in [3.05, 3.63) is 70.6 Å². The molecule has 3 aromatic rings. The van der Waals surface area contributed by atoms with Gasteiger partial charge in [-0.25, -0.2) is 0 Å². The van der Waals surface area contributed by atoms with Gasteiger partial charge in [0, 0.05) is 4.70 Å². The quantitative estimate of drug-likeness (QED) is 0.723. The molecule has 0 aliphatic heterocycles. The third-order valence-electron chi connectivity index (χ3n) is 3.72. The highest BCUT2D eigenvalue weighted by Crippen LogP contribution is 2.32. The zero-order valence-corrected chi connectivity index (χ0v) is 12.5. The first-order chi connectivity index (χ1) is 9.79. The first-order valence-electron chi connectivity index (χ1n) is 7.10. The molecule has 1 unspecified atom stereocenters. The van der Waals surface area contributed by atoms with Gasteiger partial charge in [-0.05, 0) is 39.9 Å². The van der Waals surface area contributed by atoms with Gasteiger partial charge in [-0.15, -0.1) is 11.3 Å². The minimum Gasteiger partial charge on any atom is -0.320 e. The fraction of sp³-hybridized carbons (Fsp3) is 0.222. The van der Waals surface area contributed by atoms with Crippen molar-refractivity contribution in [2.45, 2.75) is 25.8 Å². The van der Waals surface area contributed by atoms with E-state index in [9.17, 15) is 0 Å². The topological polar surface area (TPSA) is 26.0 Å². The predicted octanol–water partition coefficient (Wildman–Crippen LogP) is 4.90. The van der Waals surface area contributed by atoms with Crippen molar-refractivity contribution >= 4 is 21.4 Å². The van der Waals surface area contributed by atoms with Crippen LogP contribution in [0.25, 0.3) is 10.1 Å². The fourth-order valence-corrected chi connectivity index (χ4v) is 3.60. The first kappa shape index (κ1) is 13.3. The Kier molecular flexibility index (Phi) is 3.86. The summed E-state index contributed by atoms with van der Waals surface area (Å²) in [6.45, 7) is 2.21. The minimum absolute atomic E-state index is 0.0400. The summed E-state index contributed by atoms with van der Waals surface area (Å²) in [6, 6.07) is 17.2. The van der Waals surface area contributed by atoms with E-state index in [1.165, 1.54) is 33.2 Å². The van der Waals surface area contributed by atoms with E-state index in [2.05, 4.69) is 60.8 Å². The maximum absolute atomic E-state index is 6.46. The standard InChI is InChI=1S/C18H19NS/c1-2-5-13-8-10-14(11-9-13)18(19)16-12-20-17-7-4-3-6-15(16)17/h3-4,6-12,18H,2,5,19H2,1H3. The van der Waals surface area contributed by atoms with Crippen molar-refractivity contribution in [1.29, 1.82) is 0 Å². The van der Waals surface area contributed by atoms with E-state index in [1.807, 2.05) is 0 Å². The maximum Gasteiger partial charge on any atom is 0.0566 e. The van der Waals surface area contributed by atoms with Crippen molar-refractivity contribution in [3.8, 4) is 0 Å². The summed E-state index contributed by atoms with van der Waals surface area (Å²) < 4.78 is 1.31. The van der Waals surface area contributed by atoms with Gasteiger partial charge in [0.25, 0.3) is 0 Å². The number of nitrogens with two attached hydrogens (primary N) is 1. The van der Waals surface area contributed by atoms with Crippen LogP contribution < -0.4 is 5.73 Å². The zero-order valence-electron chi connectivity index (χ0n) is 11.7. The molecule has 1 atom stereocenters. The van der Waals surface area contributed by atoms with Crippen molar-refractivity contribution in [2.24, 2.45) is 5.73 Å². The molecule has 2 aromatic carbocycles. The molecule has 0 aliphatic carbocycles. The van der Waals surface area contributed by atoms with Crippen molar-refractivity contribution in [1.82, 2.24) is 0 Å². The Balaban J connectivity index is 1.93. The molecule has 1 heterocycles. The number of aryl methyl sites for hydroxylation is 1. The predicted molar refractivity (Wildman–Crippen MR) is 88.3 cm³/mol. The van der Waals surface area contributed by atoms with Crippen molar-refractivity contribution < 1.29 is 0 Å². The molecule has 0 fully saturated rings. The summed E-state index contributed by atoms with van der Waals surface area (Å²) in [6.07, 6.45) is 2.32. The van der Waals surface area contributed by atoms with Gasteiger partial charge >= 0.3 is 0 Å². The number of fused-ring (bicyclic) bond motifs is 1. The molecule has 2 heteroatoms. The monoisotopic (exact) mass is 281 g/mol. The lowest BCUT2D eigenvalue weighted by molar-refractivity contribution is 0.876.